The number of hydrogen-bond acceptors (Lipinski definition) is 2. The van der Waals surface area contributed by atoms with Crippen LogP contribution in [0.4, 0.5) is 0 Å². The smallest absolute Gasteiger partial charge is 0.0785 e. The molecule has 1 aliphatic carbocycles. The van der Waals surface area contributed by atoms with Crippen LogP contribution in [0.25, 0.3) is 0 Å². The maximum atomic E-state index is 5.86. The van der Waals surface area contributed by atoms with Crippen LogP contribution in [-0.4, -0.2) is 16.3 Å². The van der Waals surface area contributed by atoms with E-state index in [0.29, 0.717) is 17.0 Å². The molecular formula is C10H16ClN3. The third kappa shape index (κ3) is 1.93. The molecule has 2 atom stereocenters. The summed E-state index contributed by atoms with van der Waals surface area (Å²) in [5.74, 6) is 0.569. The Hall–Kier alpha value is -0.540. The van der Waals surface area contributed by atoms with Gasteiger partial charge in [-0.05, 0) is 25.3 Å². The molecule has 2 unspecified atom stereocenters. The number of hydrogen-bond donors (Lipinski definition) is 1. The highest BCUT2D eigenvalue weighted by atomic mass is 35.5. The molecule has 0 bridgehead atoms. The molecule has 2 N–H and O–H groups in total. The lowest BCUT2D eigenvalue weighted by molar-refractivity contribution is 0.229. The highest BCUT2D eigenvalue weighted by Crippen LogP contribution is 2.33. The molecule has 0 aliphatic heterocycles. The van der Waals surface area contributed by atoms with Gasteiger partial charge in [0, 0.05) is 6.20 Å². The molecule has 3 nitrogen and oxygen atoms in total. The lowest BCUT2D eigenvalue weighted by Gasteiger charge is -2.30. The zero-order valence-corrected chi connectivity index (χ0v) is 8.95. The van der Waals surface area contributed by atoms with Crippen molar-refractivity contribution < 1.29 is 0 Å². The molecular weight excluding hydrogens is 198 g/mol. The predicted octanol–water partition coefficient (Wildman–Crippen LogP) is 2.23. The summed E-state index contributed by atoms with van der Waals surface area (Å²) in [6.45, 7) is 0.752. The SMILES string of the molecule is NCC1CCCCC1n1cc(Cl)cn1. The van der Waals surface area contributed by atoms with Crippen molar-refractivity contribution in [3.8, 4) is 0 Å². The highest BCUT2D eigenvalue weighted by Gasteiger charge is 2.25. The predicted molar refractivity (Wildman–Crippen MR) is 57.3 cm³/mol. The van der Waals surface area contributed by atoms with Crippen molar-refractivity contribution in [1.29, 1.82) is 0 Å². The fourth-order valence-electron chi connectivity index (χ4n) is 2.31. The summed E-state index contributed by atoms with van der Waals surface area (Å²) < 4.78 is 1.99. The van der Waals surface area contributed by atoms with Crippen LogP contribution in [0.3, 0.4) is 0 Å². The van der Waals surface area contributed by atoms with Crippen molar-refractivity contribution in [2.75, 3.05) is 6.54 Å². The normalized spacial score (nSPS) is 27.9. The van der Waals surface area contributed by atoms with Gasteiger partial charge in [0.2, 0.25) is 0 Å². The summed E-state index contributed by atoms with van der Waals surface area (Å²) in [6, 6.07) is 0.459. The van der Waals surface area contributed by atoms with Crippen molar-refractivity contribution in [3.63, 3.8) is 0 Å². The third-order valence-corrected chi connectivity index (χ3v) is 3.28. The fraction of sp³-hybridized carbons (Fsp3) is 0.700. The van der Waals surface area contributed by atoms with Crippen LogP contribution in [0.15, 0.2) is 12.4 Å². The van der Waals surface area contributed by atoms with Gasteiger partial charge in [0.15, 0.2) is 0 Å². The van der Waals surface area contributed by atoms with E-state index in [0.717, 1.165) is 6.54 Å². The molecule has 0 saturated heterocycles. The number of nitrogens with two attached hydrogens (primary N) is 1. The minimum Gasteiger partial charge on any atom is -0.330 e. The fourth-order valence-corrected chi connectivity index (χ4v) is 2.45. The third-order valence-electron chi connectivity index (χ3n) is 3.08. The van der Waals surface area contributed by atoms with Gasteiger partial charge in [0.25, 0.3) is 0 Å². The Balaban J connectivity index is 2.14. The first kappa shape index (κ1) is 9.99. The standard InChI is InChI=1S/C10H16ClN3/c11-9-6-13-14(7-9)10-4-2-1-3-8(10)5-12/h6-8,10H,1-5,12H2. The van der Waals surface area contributed by atoms with E-state index in [2.05, 4.69) is 5.10 Å². The number of aromatic nitrogens is 2. The van der Waals surface area contributed by atoms with Gasteiger partial charge < -0.3 is 5.73 Å². The Bertz CT molecular complexity index is 297. The zero-order valence-electron chi connectivity index (χ0n) is 8.19. The van der Waals surface area contributed by atoms with Gasteiger partial charge in [-0.25, -0.2) is 0 Å². The van der Waals surface area contributed by atoms with E-state index in [9.17, 15) is 0 Å². The average molecular weight is 214 g/mol. The Kier molecular flexibility index (Phi) is 3.08. The van der Waals surface area contributed by atoms with E-state index in [-0.39, 0.29) is 0 Å². The van der Waals surface area contributed by atoms with E-state index in [1.54, 1.807) is 6.20 Å². The summed E-state index contributed by atoms with van der Waals surface area (Å²) >= 11 is 5.86. The van der Waals surface area contributed by atoms with Gasteiger partial charge in [-0.1, -0.05) is 24.4 Å². The van der Waals surface area contributed by atoms with Gasteiger partial charge in [-0.15, -0.1) is 0 Å². The molecule has 78 valence electrons. The van der Waals surface area contributed by atoms with Gasteiger partial charge >= 0.3 is 0 Å². The molecule has 4 heteroatoms. The van der Waals surface area contributed by atoms with Crippen LogP contribution in [0.1, 0.15) is 31.7 Å². The first-order valence-corrected chi connectivity index (χ1v) is 5.59. The number of nitrogens with zero attached hydrogens (tertiary/aromatic N) is 2. The Labute approximate surface area is 89.2 Å². The Morgan fingerprint density at radius 1 is 1.50 bits per heavy atom. The van der Waals surface area contributed by atoms with Crippen LogP contribution in [0.5, 0.6) is 0 Å². The van der Waals surface area contributed by atoms with Crippen molar-refractivity contribution in [2.24, 2.45) is 11.7 Å². The molecule has 0 spiro atoms. The van der Waals surface area contributed by atoms with Gasteiger partial charge in [-0.3, -0.25) is 4.68 Å². The molecule has 0 amide bonds. The van der Waals surface area contributed by atoms with Crippen LogP contribution >= 0.6 is 11.6 Å². The summed E-state index contributed by atoms with van der Waals surface area (Å²) in [6.07, 6.45) is 8.58. The summed E-state index contributed by atoms with van der Waals surface area (Å²) in [7, 11) is 0. The molecule has 1 aliphatic rings. The first-order valence-electron chi connectivity index (χ1n) is 5.21. The van der Waals surface area contributed by atoms with Crippen molar-refractivity contribution in [2.45, 2.75) is 31.7 Å². The average Bonchev–Trinajstić information content (AvgIpc) is 2.65. The maximum absolute atomic E-state index is 5.86. The molecule has 1 saturated carbocycles. The van der Waals surface area contributed by atoms with Gasteiger partial charge in [-0.2, -0.15) is 5.10 Å². The molecule has 0 aromatic carbocycles. The quantitative estimate of drug-likeness (QED) is 0.819. The van der Waals surface area contributed by atoms with Crippen LogP contribution in [0.2, 0.25) is 5.02 Å². The highest BCUT2D eigenvalue weighted by molar-refractivity contribution is 6.30. The number of halogens is 1. The van der Waals surface area contributed by atoms with Crippen LogP contribution in [0, 0.1) is 5.92 Å². The minimum absolute atomic E-state index is 0.459. The first-order chi connectivity index (χ1) is 6.81. The molecule has 0 radical (unpaired) electrons. The molecule has 2 rings (SSSR count). The second-order valence-electron chi connectivity index (χ2n) is 3.99. The van der Waals surface area contributed by atoms with E-state index in [4.69, 9.17) is 17.3 Å². The van der Waals surface area contributed by atoms with Gasteiger partial charge in [0.05, 0.1) is 17.3 Å². The lowest BCUT2D eigenvalue weighted by Crippen LogP contribution is -2.29. The molecule has 14 heavy (non-hydrogen) atoms. The second-order valence-corrected chi connectivity index (χ2v) is 4.42. The van der Waals surface area contributed by atoms with E-state index < -0.39 is 0 Å². The van der Waals surface area contributed by atoms with Crippen LogP contribution < -0.4 is 5.73 Å². The minimum atomic E-state index is 0.459. The van der Waals surface area contributed by atoms with Crippen molar-refractivity contribution in [1.82, 2.24) is 9.78 Å². The van der Waals surface area contributed by atoms with Crippen LogP contribution in [-0.2, 0) is 0 Å². The Morgan fingerprint density at radius 2 is 2.29 bits per heavy atom. The largest absolute Gasteiger partial charge is 0.330 e. The van der Waals surface area contributed by atoms with E-state index in [1.165, 1.54) is 25.7 Å². The molecule has 1 aromatic rings. The number of rotatable bonds is 2. The second kappa shape index (κ2) is 4.32. The molecule has 1 aromatic heterocycles. The van der Waals surface area contributed by atoms with E-state index in [1.807, 2.05) is 10.9 Å². The summed E-state index contributed by atoms with van der Waals surface area (Å²) in [5.41, 5.74) is 5.76. The van der Waals surface area contributed by atoms with E-state index >= 15 is 0 Å². The Morgan fingerprint density at radius 3 is 2.93 bits per heavy atom. The summed E-state index contributed by atoms with van der Waals surface area (Å²) in [5, 5.41) is 4.98. The maximum Gasteiger partial charge on any atom is 0.0785 e. The van der Waals surface area contributed by atoms with Crippen molar-refractivity contribution in [3.05, 3.63) is 17.4 Å². The van der Waals surface area contributed by atoms with Crippen molar-refractivity contribution >= 4 is 11.6 Å². The lowest BCUT2D eigenvalue weighted by atomic mass is 9.85. The zero-order chi connectivity index (χ0) is 9.97. The monoisotopic (exact) mass is 213 g/mol. The topological polar surface area (TPSA) is 43.8 Å². The summed E-state index contributed by atoms with van der Waals surface area (Å²) in [4.78, 5) is 0. The van der Waals surface area contributed by atoms with Gasteiger partial charge in [0.1, 0.15) is 0 Å². The molecule has 1 fully saturated rings. The molecule has 1 heterocycles.